The number of carbonyl (C=O) groups is 1. The maximum atomic E-state index is 13.1. The van der Waals surface area contributed by atoms with Crippen LogP contribution >= 0.6 is 0 Å². The van der Waals surface area contributed by atoms with Gasteiger partial charge in [0, 0.05) is 17.3 Å². The van der Waals surface area contributed by atoms with Gasteiger partial charge in [-0.15, -0.1) is 0 Å². The molecule has 0 aliphatic heterocycles. The van der Waals surface area contributed by atoms with Crippen molar-refractivity contribution in [2.24, 2.45) is 0 Å². The van der Waals surface area contributed by atoms with Gasteiger partial charge >= 0.3 is 6.18 Å². The molecule has 1 fully saturated rings. The van der Waals surface area contributed by atoms with E-state index in [0.717, 1.165) is 18.9 Å². The van der Waals surface area contributed by atoms with Gasteiger partial charge in [-0.2, -0.15) is 18.3 Å². The van der Waals surface area contributed by atoms with E-state index in [1.807, 2.05) is 0 Å². The Morgan fingerprint density at radius 3 is 2.65 bits per heavy atom. The Kier molecular flexibility index (Phi) is 2.88. The Hall–Kier alpha value is -2.11. The lowest BCUT2D eigenvalue weighted by atomic mass is 9.99. The van der Waals surface area contributed by atoms with Crippen LogP contribution in [0.5, 0.6) is 0 Å². The van der Waals surface area contributed by atoms with Crippen LogP contribution in [0.2, 0.25) is 0 Å². The van der Waals surface area contributed by atoms with Crippen molar-refractivity contribution in [3.05, 3.63) is 41.7 Å². The molecular formula is C14H11F3N2O. The molecule has 1 saturated carbocycles. The summed E-state index contributed by atoms with van der Waals surface area (Å²) in [4.78, 5) is 10.7. The molecule has 0 unspecified atom stereocenters. The second kappa shape index (κ2) is 4.47. The Balaban J connectivity index is 2.08. The monoisotopic (exact) mass is 280 g/mol. The molecular weight excluding hydrogens is 269 g/mol. The van der Waals surface area contributed by atoms with Crippen molar-refractivity contribution < 1.29 is 18.0 Å². The first-order chi connectivity index (χ1) is 9.49. The fraction of sp³-hybridized carbons (Fsp3) is 0.286. The van der Waals surface area contributed by atoms with Crippen LogP contribution in [0.3, 0.4) is 0 Å². The summed E-state index contributed by atoms with van der Waals surface area (Å²) in [7, 11) is 0. The lowest BCUT2D eigenvalue weighted by Crippen LogP contribution is -2.07. The van der Waals surface area contributed by atoms with Crippen molar-refractivity contribution in [1.82, 2.24) is 9.78 Å². The number of hydrogen-bond acceptors (Lipinski definition) is 2. The largest absolute Gasteiger partial charge is 0.417 e. The van der Waals surface area contributed by atoms with Gasteiger partial charge < -0.3 is 0 Å². The average Bonchev–Trinajstić information content (AvgIpc) is 3.15. The highest BCUT2D eigenvalue weighted by molar-refractivity contribution is 5.78. The minimum absolute atomic E-state index is 0.00987. The molecule has 1 aliphatic rings. The smallest absolute Gasteiger partial charge is 0.298 e. The van der Waals surface area contributed by atoms with E-state index in [2.05, 4.69) is 5.10 Å². The lowest BCUT2D eigenvalue weighted by molar-refractivity contribution is -0.137. The molecule has 0 spiro atoms. The van der Waals surface area contributed by atoms with Gasteiger partial charge in [-0.05, 0) is 24.5 Å². The Morgan fingerprint density at radius 2 is 2.05 bits per heavy atom. The van der Waals surface area contributed by atoms with E-state index in [1.165, 1.54) is 18.3 Å². The number of carbonyl (C=O) groups excluding carboxylic acids is 1. The summed E-state index contributed by atoms with van der Waals surface area (Å²) < 4.78 is 41.0. The highest BCUT2D eigenvalue weighted by Crippen LogP contribution is 2.39. The van der Waals surface area contributed by atoms with Gasteiger partial charge in [0.1, 0.15) is 6.29 Å². The maximum absolute atomic E-state index is 13.1. The van der Waals surface area contributed by atoms with E-state index in [9.17, 15) is 18.0 Å². The molecule has 1 aliphatic carbocycles. The molecule has 1 heterocycles. The molecule has 0 N–H and O–H groups in total. The summed E-state index contributed by atoms with van der Waals surface area (Å²) in [6.07, 6.45) is 0.990. The number of benzene rings is 1. The third-order valence-electron chi connectivity index (χ3n) is 3.32. The summed E-state index contributed by atoms with van der Waals surface area (Å²) in [6, 6.07) is 3.89. The predicted octanol–water partition coefficient (Wildman–Crippen LogP) is 3.72. The summed E-state index contributed by atoms with van der Waals surface area (Å²) in [6.45, 7) is 0. The molecule has 2 aromatic rings. The quantitative estimate of drug-likeness (QED) is 0.803. The Bertz CT molecular complexity index is 657. The molecule has 3 nitrogen and oxygen atoms in total. The average molecular weight is 280 g/mol. The molecule has 0 amide bonds. The second-order valence-electron chi connectivity index (χ2n) is 4.86. The fourth-order valence-corrected chi connectivity index (χ4v) is 2.14. The minimum atomic E-state index is -4.50. The topological polar surface area (TPSA) is 34.9 Å². The zero-order valence-corrected chi connectivity index (χ0v) is 10.4. The molecule has 1 aromatic carbocycles. The summed E-state index contributed by atoms with van der Waals surface area (Å²) in [5, 5.41) is 4.10. The van der Waals surface area contributed by atoms with Crippen LogP contribution < -0.4 is 0 Å². The van der Waals surface area contributed by atoms with Gasteiger partial charge in [0.05, 0.1) is 17.8 Å². The first-order valence-electron chi connectivity index (χ1n) is 6.20. The number of rotatable bonds is 3. The second-order valence-corrected chi connectivity index (χ2v) is 4.86. The zero-order valence-electron chi connectivity index (χ0n) is 10.4. The van der Waals surface area contributed by atoms with Crippen molar-refractivity contribution >= 4 is 6.29 Å². The van der Waals surface area contributed by atoms with Crippen LogP contribution in [-0.2, 0) is 6.18 Å². The van der Waals surface area contributed by atoms with Gasteiger partial charge in [0.2, 0.25) is 0 Å². The van der Waals surface area contributed by atoms with Crippen molar-refractivity contribution in [1.29, 1.82) is 0 Å². The van der Waals surface area contributed by atoms with Crippen LogP contribution in [0.25, 0.3) is 11.1 Å². The van der Waals surface area contributed by atoms with Crippen molar-refractivity contribution in [3.63, 3.8) is 0 Å². The van der Waals surface area contributed by atoms with Crippen molar-refractivity contribution in [3.8, 4) is 11.1 Å². The van der Waals surface area contributed by atoms with Crippen LogP contribution in [0.15, 0.2) is 30.6 Å². The number of nitrogens with zero attached hydrogens (tertiary/aromatic N) is 2. The normalized spacial score (nSPS) is 15.3. The number of hydrogen-bond donors (Lipinski definition) is 0. The van der Waals surface area contributed by atoms with Gasteiger partial charge in [-0.1, -0.05) is 12.1 Å². The van der Waals surface area contributed by atoms with Crippen molar-refractivity contribution in [2.75, 3.05) is 0 Å². The maximum Gasteiger partial charge on any atom is 0.417 e. The third kappa shape index (κ3) is 2.33. The molecule has 3 rings (SSSR count). The molecule has 0 bridgehead atoms. The molecule has 0 atom stereocenters. The summed E-state index contributed by atoms with van der Waals surface area (Å²) in [5.74, 6) is 0. The lowest BCUT2D eigenvalue weighted by Gasteiger charge is -2.12. The SMILES string of the molecule is O=Cc1ccc(-c2cnn(C3CC3)c2)c(C(F)(F)F)c1. The predicted molar refractivity (Wildman–Crippen MR) is 66.3 cm³/mol. The molecule has 20 heavy (non-hydrogen) atoms. The van der Waals surface area contributed by atoms with Gasteiger partial charge in [-0.3, -0.25) is 9.48 Å². The number of alkyl halides is 3. The van der Waals surface area contributed by atoms with E-state index < -0.39 is 11.7 Å². The summed E-state index contributed by atoms with van der Waals surface area (Å²) in [5.41, 5.74) is -0.329. The number of halogens is 3. The first kappa shape index (κ1) is 12.9. The highest BCUT2D eigenvalue weighted by Gasteiger charge is 2.34. The van der Waals surface area contributed by atoms with Crippen LogP contribution in [0.1, 0.15) is 34.8 Å². The molecule has 6 heteroatoms. The van der Waals surface area contributed by atoms with E-state index in [1.54, 1.807) is 10.9 Å². The summed E-state index contributed by atoms with van der Waals surface area (Å²) >= 11 is 0. The molecule has 1 aromatic heterocycles. The minimum Gasteiger partial charge on any atom is -0.298 e. The van der Waals surface area contributed by atoms with E-state index >= 15 is 0 Å². The number of aromatic nitrogens is 2. The molecule has 0 radical (unpaired) electrons. The standard InChI is InChI=1S/C14H11F3N2O/c15-14(16,17)13-5-9(8-20)1-4-12(13)10-6-18-19(7-10)11-2-3-11/h1,4-8,11H,2-3H2. The third-order valence-corrected chi connectivity index (χ3v) is 3.32. The van der Waals surface area contributed by atoms with Gasteiger partial charge in [0.15, 0.2) is 0 Å². The molecule has 104 valence electrons. The Labute approximate surface area is 113 Å². The zero-order chi connectivity index (χ0) is 14.3. The van der Waals surface area contributed by atoms with Crippen LogP contribution in [-0.4, -0.2) is 16.1 Å². The van der Waals surface area contributed by atoms with Crippen molar-refractivity contribution in [2.45, 2.75) is 25.1 Å². The van der Waals surface area contributed by atoms with E-state index in [0.29, 0.717) is 17.9 Å². The number of aldehydes is 1. The first-order valence-corrected chi connectivity index (χ1v) is 6.20. The highest BCUT2D eigenvalue weighted by atomic mass is 19.4. The van der Waals surface area contributed by atoms with Crippen LogP contribution in [0.4, 0.5) is 13.2 Å². The Morgan fingerprint density at radius 1 is 1.30 bits per heavy atom. The van der Waals surface area contributed by atoms with Crippen LogP contribution in [0, 0.1) is 0 Å². The fourth-order valence-electron chi connectivity index (χ4n) is 2.14. The van der Waals surface area contributed by atoms with Gasteiger partial charge in [0.25, 0.3) is 0 Å². The molecule has 0 saturated heterocycles. The van der Waals surface area contributed by atoms with E-state index in [-0.39, 0.29) is 11.1 Å². The van der Waals surface area contributed by atoms with E-state index in [4.69, 9.17) is 0 Å². The van der Waals surface area contributed by atoms with Gasteiger partial charge in [-0.25, -0.2) is 0 Å².